The molecule has 1 heterocycles. The number of benzene rings is 2. The van der Waals surface area contributed by atoms with Crippen LogP contribution in [0.25, 0.3) is 0 Å². The number of halogens is 7. The average molecular weight is 511 g/mol. The van der Waals surface area contributed by atoms with Gasteiger partial charge in [-0.05, 0) is 18.2 Å². The Kier molecular flexibility index (Phi) is 12.3. The second-order valence-corrected chi connectivity index (χ2v) is 7.62. The molecule has 0 unspecified atom stereocenters. The largest absolute Gasteiger partial charge is 0.416 e. The first kappa shape index (κ1) is 29.6. The number of piperazine rings is 1. The van der Waals surface area contributed by atoms with Gasteiger partial charge in [0.15, 0.2) is 0 Å². The Hall–Kier alpha value is -2.42. The Morgan fingerprint density at radius 3 is 1.65 bits per heavy atom. The van der Waals surface area contributed by atoms with Crippen molar-refractivity contribution in [3.8, 4) is 0 Å². The summed E-state index contributed by atoms with van der Waals surface area (Å²) < 4.78 is 73.4. The van der Waals surface area contributed by atoms with Gasteiger partial charge in [-0.2, -0.15) is 26.3 Å². The summed E-state index contributed by atoms with van der Waals surface area (Å²) in [6, 6.07) is 9.64. The molecular formula is C24H29ClF6N2O. The van der Waals surface area contributed by atoms with Gasteiger partial charge in [-0.25, -0.2) is 0 Å². The highest BCUT2D eigenvalue weighted by molar-refractivity contribution is 6.33. The summed E-state index contributed by atoms with van der Waals surface area (Å²) in [5.74, 6) is 0. The molecule has 1 aliphatic heterocycles. The third kappa shape index (κ3) is 10.7. The van der Waals surface area contributed by atoms with Gasteiger partial charge < -0.3 is 9.80 Å². The summed E-state index contributed by atoms with van der Waals surface area (Å²) in [5, 5.41) is 0.285. The van der Waals surface area contributed by atoms with Gasteiger partial charge in [0.2, 0.25) is 6.41 Å². The molecule has 10 heteroatoms. The molecule has 3 nitrogen and oxygen atoms in total. The van der Waals surface area contributed by atoms with Gasteiger partial charge >= 0.3 is 12.4 Å². The van der Waals surface area contributed by atoms with Crippen molar-refractivity contribution in [1.29, 1.82) is 0 Å². The standard InChI is InChI=1S/C12H12ClF3N2O.C7H5F3.C3H6.C2H6/c13-10-2-1-9(12(14,15)16)7-11(10)18-5-3-17(8-19)4-6-18;8-7(9,10)6-4-2-1-3-5-6;1-2-3-1;1-2/h1-2,7-8H,3-6H2;1-5H;1-3H2;1-2H3. The van der Waals surface area contributed by atoms with Gasteiger partial charge in [0, 0.05) is 26.2 Å². The summed E-state index contributed by atoms with van der Waals surface area (Å²) in [6.07, 6.45) is -3.35. The molecule has 190 valence electrons. The Morgan fingerprint density at radius 1 is 0.765 bits per heavy atom. The van der Waals surface area contributed by atoms with E-state index in [9.17, 15) is 31.1 Å². The molecule has 2 fully saturated rings. The lowest BCUT2D eigenvalue weighted by Crippen LogP contribution is -2.45. The van der Waals surface area contributed by atoms with E-state index in [0.717, 1.165) is 30.7 Å². The summed E-state index contributed by atoms with van der Waals surface area (Å²) in [4.78, 5) is 13.9. The normalized spacial score (nSPS) is 15.0. The van der Waals surface area contributed by atoms with Crippen molar-refractivity contribution in [1.82, 2.24) is 4.90 Å². The maximum absolute atomic E-state index is 12.7. The highest BCUT2D eigenvalue weighted by Gasteiger charge is 2.32. The van der Waals surface area contributed by atoms with E-state index >= 15 is 0 Å². The van der Waals surface area contributed by atoms with E-state index in [-0.39, 0.29) is 5.02 Å². The van der Waals surface area contributed by atoms with E-state index in [2.05, 4.69) is 0 Å². The number of anilines is 1. The fourth-order valence-electron chi connectivity index (χ4n) is 2.63. The summed E-state index contributed by atoms with van der Waals surface area (Å²) in [6.45, 7) is 5.91. The molecule has 0 spiro atoms. The predicted octanol–water partition coefficient (Wildman–Crippen LogP) is 7.54. The maximum Gasteiger partial charge on any atom is 0.416 e. The molecule has 1 saturated heterocycles. The molecule has 2 aromatic carbocycles. The maximum atomic E-state index is 12.7. The van der Waals surface area contributed by atoms with Crippen molar-refractivity contribution in [3.63, 3.8) is 0 Å². The minimum Gasteiger partial charge on any atom is -0.367 e. The first-order valence-corrected chi connectivity index (χ1v) is 11.3. The fourth-order valence-corrected chi connectivity index (χ4v) is 2.86. The van der Waals surface area contributed by atoms with Crippen molar-refractivity contribution >= 4 is 23.7 Å². The van der Waals surface area contributed by atoms with Crippen molar-refractivity contribution < 1.29 is 31.1 Å². The first-order chi connectivity index (χ1) is 16.0. The van der Waals surface area contributed by atoms with Crippen LogP contribution in [0.3, 0.4) is 0 Å². The van der Waals surface area contributed by atoms with Crippen LogP contribution in [0, 0.1) is 0 Å². The third-order valence-electron chi connectivity index (χ3n) is 4.53. The monoisotopic (exact) mass is 510 g/mol. The number of carbonyl (C=O) groups excluding carboxylic acids is 1. The third-order valence-corrected chi connectivity index (χ3v) is 4.85. The molecule has 0 atom stereocenters. The van der Waals surface area contributed by atoms with Gasteiger partial charge in [-0.3, -0.25) is 4.79 Å². The van der Waals surface area contributed by atoms with Crippen LogP contribution in [0.4, 0.5) is 32.0 Å². The number of hydrogen-bond donors (Lipinski definition) is 0. The van der Waals surface area contributed by atoms with E-state index < -0.39 is 23.5 Å². The smallest absolute Gasteiger partial charge is 0.367 e. The molecule has 1 saturated carbocycles. The van der Waals surface area contributed by atoms with Crippen LogP contribution in [0.15, 0.2) is 48.5 Å². The quantitative estimate of drug-likeness (QED) is 0.308. The van der Waals surface area contributed by atoms with Crippen LogP contribution < -0.4 is 4.90 Å². The van der Waals surface area contributed by atoms with Crippen LogP contribution in [0.1, 0.15) is 44.2 Å². The van der Waals surface area contributed by atoms with Crippen LogP contribution in [-0.4, -0.2) is 37.5 Å². The van der Waals surface area contributed by atoms with Crippen molar-refractivity contribution in [3.05, 3.63) is 64.7 Å². The van der Waals surface area contributed by atoms with Gasteiger partial charge in [0.25, 0.3) is 0 Å². The minimum atomic E-state index is -4.38. The Balaban J connectivity index is 0.000000319. The Bertz CT molecular complexity index is 846. The number of hydrogen-bond acceptors (Lipinski definition) is 2. The second-order valence-electron chi connectivity index (χ2n) is 7.22. The van der Waals surface area contributed by atoms with Gasteiger partial charge in [0.05, 0.1) is 21.8 Å². The first-order valence-electron chi connectivity index (χ1n) is 11.0. The van der Waals surface area contributed by atoms with Gasteiger partial charge in [-0.15, -0.1) is 0 Å². The molecule has 2 aromatic rings. The molecule has 2 aliphatic rings. The lowest BCUT2D eigenvalue weighted by Gasteiger charge is -2.34. The van der Waals surface area contributed by atoms with Crippen molar-refractivity contribution in [2.24, 2.45) is 0 Å². The molecule has 0 radical (unpaired) electrons. The van der Waals surface area contributed by atoms with E-state index in [1.807, 2.05) is 13.8 Å². The zero-order chi connectivity index (χ0) is 25.8. The Morgan fingerprint density at radius 2 is 1.26 bits per heavy atom. The number of nitrogens with zero attached hydrogens (tertiary/aromatic N) is 2. The van der Waals surface area contributed by atoms with Crippen LogP contribution >= 0.6 is 11.6 Å². The highest BCUT2D eigenvalue weighted by Crippen LogP contribution is 2.35. The lowest BCUT2D eigenvalue weighted by molar-refractivity contribution is -0.138. The second kappa shape index (κ2) is 14.1. The number of rotatable bonds is 2. The zero-order valence-electron chi connectivity index (χ0n) is 19.1. The number of carbonyl (C=O) groups is 1. The van der Waals surface area contributed by atoms with E-state index in [0.29, 0.717) is 31.9 Å². The molecule has 1 amide bonds. The van der Waals surface area contributed by atoms with E-state index in [1.165, 1.54) is 37.5 Å². The summed E-state index contributed by atoms with van der Waals surface area (Å²) in [5.41, 5.74) is -0.957. The topological polar surface area (TPSA) is 23.6 Å². The van der Waals surface area contributed by atoms with Crippen molar-refractivity contribution in [2.45, 2.75) is 45.5 Å². The molecule has 4 rings (SSSR count). The molecule has 0 N–H and O–H groups in total. The minimum absolute atomic E-state index is 0.285. The van der Waals surface area contributed by atoms with E-state index in [4.69, 9.17) is 11.6 Å². The van der Waals surface area contributed by atoms with E-state index in [1.54, 1.807) is 15.9 Å². The fraction of sp³-hybridized carbons (Fsp3) is 0.458. The van der Waals surface area contributed by atoms with Crippen LogP contribution in [0.5, 0.6) is 0 Å². The molecule has 1 aliphatic carbocycles. The van der Waals surface area contributed by atoms with Gasteiger partial charge in [0.1, 0.15) is 0 Å². The summed E-state index contributed by atoms with van der Waals surface area (Å²) in [7, 11) is 0. The molecular weight excluding hydrogens is 482 g/mol. The zero-order valence-corrected chi connectivity index (χ0v) is 19.9. The summed E-state index contributed by atoms with van der Waals surface area (Å²) >= 11 is 5.96. The predicted molar refractivity (Wildman–Crippen MR) is 123 cm³/mol. The van der Waals surface area contributed by atoms with Crippen molar-refractivity contribution in [2.75, 3.05) is 31.1 Å². The number of alkyl halides is 6. The van der Waals surface area contributed by atoms with Gasteiger partial charge in [-0.1, -0.05) is 75.0 Å². The molecule has 0 aromatic heterocycles. The van der Waals surface area contributed by atoms with Crippen LogP contribution in [-0.2, 0) is 17.1 Å². The highest BCUT2D eigenvalue weighted by atomic mass is 35.5. The number of amides is 1. The molecule has 0 bridgehead atoms. The van der Waals surface area contributed by atoms with Crippen LogP contribution in [0.2, 0.25) is 5.02 Å². The SMILES string of the molecule is C1CC1.CC.FC(F)(F)c1ccccc1.O=CN1CCN(c2cc(C(F)(F)F)ccc2Cl)CC1. The Labute approximate surface area is 201 Å². The average Bonchev–Trinajstić information content (AvgIpc) is 3.70. The lowest BCUT2D eigenvalue weighted by atomic mass is 10.1. The molecule has 34 heavy (non-hydrogen) atoms.